The first-order valence-corrected chi connectivity index (χ1v) is 8.11. The topological polar surface area (TPSA) is 55.6 Å². The minimum absolute atomic E-state index is 0.000270. The molecule has 0 N–H and O–H groups in total. The van der Waals surface area contributed by atoms with Gasteiger partial charge >= 0.3 is 0 Å². The maximum Gasteiger partial charge on any atom is 0.248 e. The van der Waals surface area contributed by atoms with E-state index in [2.05, 4.69) is 4.98 Å². The minimum Gasteiger partial charge on any atom is -0.445 e. The molecule has 1 amide bonds. The Bertz CT molecular complexity index is 684. The normalized spacial score (nSPS) is 17.9. The van der Waals surface area contributed by atoms with E-state index in [0.717, 1.165) is 30.7 Å². The Balaban J connectivity index is 1.64. The number of ether oxygens (including phenoxy) is 1. The van der Waals surface area contributed by atoms with E-state index in [1.807, 2.05) is 4.90 Å². The van der Waals surface area contributed by atoms with Crippen LogP contribution in [0, 0.1) is 5.82 Å². The van der Waals surface area contributed by atoms with Crippen LogP contribution in [0.2, 0.25) is 0 Å². The summed E-state index contributed by atoms with van der Waals surface area (Å²) >= 11 is 0. The van der Waals surface area contributed by atoms with Crippen molar-refractivity contribution in [1.82, 2.24) is 9.88 Å². The van der Waals surface area contributed by atoms with Gasteiger partial charge in [-0.3, -0.25) is 4.79 Å². The molecule has 1 atom stereocenters. The fourth-order valence-corrected chi connectivity index (χ4v) is 3.02. The SMILES string of the molecule is COCC(=O)N1CCC[C@@H](c2ncc(Cc3ccc(F)cc3)o2)C1. The van der Waals surface area contributed by atoms with Crippen LogP contribution in [0.4, 0.5) is 4.39 Å². The fraction of sp³-hybridized carbons (Fsp3) is 0.444. The highest BCUT2D eigenvalue weighted by atomic mass is 19.1. The van der Waals surface area contributed by atoms with Crippen molar-refractivity contribution in [2.45, 2.75) is 25.2 Å². The van der Waals surface area contributed by atoms with Gasteiger partial charge in [0, 0.05) is 26.6 Å². The molecule has 24 heavy (non-hydrogen) atoms. The Kier molecular flexibility index (Phi) is 5.25. The second-order valence-corrected chi connectivity index (χ2v) is 6.08. The molecular weight excluding hydrogens is 311 g/mol. The highest BCUT2D eigenvalue weighted by molar-refractivity contribution is 5.77. The van der Waals surface area contributed by atoms with Crippen molar-refractivity contribution in [3.63, 3.8) is 0 Å². The molecule has 0 bridgehead atoms. The van der Waals surface area contributed by atoms with Crippen LogP contribution in [0.15, 0.2) is 34.9 Å². The highest BCUT2D eigenvalue weighted by Gasteiger charge is 2.27. The average molecular weight is 332 g/mol. The monoisotopic (exact) mass is 332 g/mol. The lowest BCUT2D eigenvalue weighted by atomic mass is 9.98. The van der Waals surface area contributed by atoms with Gasteiger partial charge in [-0.05, 0) is 30.5 Å². The van der Waals surface area contributed by atoms with E-state index in [9.17, 15) is 9.18 Å². The number of halogens is 1. The Hall–Kier alpha value is -2.21. The predicted molar refractivity (Wildman–Crippen MR) is 86.1 cm³/mol. The molecule has 1 saturated heterocycles. The molecule has 5 nitrogen and oxygen atoms in total. The number of benzene rings is 1. The van der Waals surface area contributed by atoms with Crippen LogP contribution >= 0.6 is 0 Å². The zero-order valence-electron chi connectivity index (χ0n) is 13.7. The van der Waals surface area contributed by atoms with Crippen LogP contribution in [-0.4, -0.2) is 42.6 Å². The van der Waals surface area contributed by atoms with Gasteiger partial charge in [0.05, 0.1) is 12.1 Å². The fourth-order valence-electron chi connectivity index (χ4n) is 3.02. The van der Waals surface area contributed by atoms with Crippen LogP contribution in [0.25, 0.3) is 0 Å². The van der Waals surface area contributed by atoms with Crippen LogP contribution < -0.4 is 0 Å². The van der Waals surface area contributed by atoms with Gasteiger partial charge in [-0.25, -0.2) is 9.37 Å². The third-order valence-electron chi connectivity index (χ3n) is 4.25. The summed E-state index contributed by atoms with van der Waals surface area (Å²) in [6, 6.07) is 6.35. The van der Waals surface area contributed by atoms with E-state index in [1.165, 1.54) is 19.2 Å². The molecule has 0 aliphatic carbocycles. The molecule has 1 aromatic carbocycles. The maximum absolute atomic E-state index is 13.0. The number of oxazole rings is 1. The lowest BCUT2D eigenvalue weighted by Crippen LogP contribution is -2.40. The number of carbonyl (C=O) groups is 1. The van der Waals surface area contributed by atoms with E-state index in [1.54, 1.807) is 18.3 Å². The van der Waals surface area contributed by atoms with Crippen LogP contribution in [0.5, 0.6) is 0 Å². The molecule has 1 aliphatic heterocycles. The second-order valence-electron chi connectivity index (χ2n) is 6.08. The molecule has 2 heterocycles. The average Bonchev–Trinajstić information content (AvgIpc) is 3.06. The van der Waals surface area contributed by atoms with Crippen molar-refractivity contribution >= 4 is 5.91 Å². The summed E-state index contributed by atoms with van der Waals surface area (Å²) in [5.41, 5.74) is 0.972. The van der Waals surface area contributed by atoms with E-state index in [4.69, 9.17) is 9.15 Å². The first kappa shape index (κ1) is 16.6. The van der Waals surface area contributed by atoms with E-state index >= 15 is 0 Å². The maximum atomic E-state index is 13.0. The lowest BCUT2D eigenvalue weighted by Gasteiger charge is -2.31. The van der Waals surface area contributed by atoms with Crippen LogP contribution in [-0.2, 0) is 16.0 Å². The first-order chi connectivity index (χ1) is 11.7. The molecule has 6 heteroatoms. The van der Waals surface area contributed by atoms with Crippen molar-refractivity contribution in [2.75, 3.05) is 26.8 Å². The molecule has 0 saturated carbocycles. The number of likely N-dealkylation sites (tertiary alicyclic amines) is 1. The van der Waals surface area contributed by atoms with Gasteiger partial charge < -0.3 is 14.1 Å². The molecule has 0 radical (unpaired) electrons. The zero-order chi connectivity index (χ0) is 16.9. The summed E-state index contributed by atoms with van der Waals surface area (Å²) in [4.78, 5) is 18.2. The third-order valence-corrected chi connectivity index (χ3v) is 4.25. The summed E-state index contributed by atoms with van der Waals surface area (Å²) in [5, 5.41) is 0. The zero-order valence-corrected chi connectivity index (χ0v) is 13.7. The van der Waals surface area contributed by atoms with Gasteiger partial charge in [-0.15, -0.1) is 0 Å². The molecule has 1 aliphatic rings. The molecule has 1 fully saturated rings. The Morgan fingerprint density at radius 3 is 2.96 bits per heavy atom. The van der Waals surface area contributed by atoms with E-state index in [0.29, 0.717) is 18.9 Å². The number of aromatic nitrogens is 1. The molecule has 2 aromatic rings. The van der Waals surface area contributed by atoms with Gasteiger partial charge in [0.15, 0.2) is 5.89 Å². The molecule has 0 spiro atoms. The molecule has 3 rings (SSSR count). The standard InChI is InChI=1S/C18H21FN2O3/c1-23-12-17(22)21-8-2-3-14(11-21)18-20-10-16(24-18)9-13-4-6-15(19)7-5-13/h4-7,10,14H,2-3,8-9,11-12H2,1H3/t14-/m1/s1. The van der Waals surface area contributed by atoms with Crippen molar-refractivity contribution in [3.05, 3.63) is 53.5 Å². The quantitative estimate of drug-likeness (QED) is 0.845. The molecule has 1 aromatic heterocycles. The third kappa shape index (κ3) is 4.00. The lowest BCUT2D eigenvalue weighted by molar-refractivity contribution is -0.136. The number of piperidine rings is 1. The number of hydrogen-bond acceptors (Lipinski definition) is 4. The first-order valence-electron chi connectivity index (χ1n) is 8.11. The van der Waals surface area contributed by atoms with Gasteiger partial charge in [0.1, 0.15) is 18.2 Å². The Morgan fingerprint density at radius 1 is 1.42 bits per heavy atom. The summed E-state index contributed by atoms with van der Waals surface area (Å²) in [5.74, 6) is 1.28. The van der Waals surface area contributed by atoms with Gasteiger partial charge in [-0.1, -0.05) is 12.1 Å². The summed E-state index contributed by atoms with van der Waals surface area (Å²) < 4.78 is 23.7. The Morgan fingerprint density at radius 2 is 2.21 bits per heavy atom. The van der Waals surface area contributed by atoms with Crippen molar-refractivity contribution in [3.8, 4) is 0 Å². The van der Waals surface area contributed by atoms with Crippen molar-refractivity contribution in [1.29, 1.82) is 0 Å². The smallest absolute Gasteiger partial charge is 0.248 e. The molecule has 128 valence electrons. The Labute approximate surface area is 140 Å². The number of nitrogens with zero attached hydrogens (tertiary/aromatic N) is 2. The molecule has 0 unspecified atom stereocenters. The van der Waals surface area contributed by atoms with Crippen molar-refractivity contribution in [2.24, 2.45) is 0 Å². The molecular formula is C18H21FN2O3. The van der Waals surface area contributed by atoms with E-state index in [-0.39, 0.29) is 24.2 Å². The minimum atomic E-state index is -0.250. The number of amides is 1. The number of methoxy groups -OCH3 is 1. The van der Waals surface area contributed by atoms with Crippen molar-refractivity contribution < 1.29 is 18.3 Å². The van der Waals surface area contributed by atoms with E-state index < -0.39 is 0 Å². The van der Waals surface area contributed by atoms with Gasteiger partial charge in [0.2, 0.25) is 5.91 Å². The summed E-state index contributed by atoms with van der Waals surface area (Å²) in [7, 11) is 1.52. The summed E-state index contributed by atoms with van der Waals surface area (Å²) in [6.07, 6.45) is 4.17. The number of carbonyl (C=O) groups excluding carboxylic acids is 1. The summed E-state index contributed by atoms with van der Waals surface area (Å²) in [6.45, 7) is 1.47. The van der Waals surface area contributed by atoms with Crippen LogP contribution in [0.1, 0.15) is 36.0 Å². The number of rotatable bonds is 5. The largest absolute Gasteiger partial charge is 0.445 e. The van der Waals surface area contributed by atoms with Gasteiger partial charge in [0.25, 0.3) is 0 Å². The van der Waals surface area contributed by atoms with Gasteiger partial charge in [-0.2, -0.15) is 0 Å². The second kappa shape index (κ2) is 7.57. The number of hydrogen-bond donors (Lipinski definition) is 0. The highest BCUT2D eigenvalue weighted by Crippen LogP contribution is 2.27. The predicted octanol–water partition coefficient (Wildman–Crippen LogP) is 2.76. The van der Waals surface area contributed by atoms with Crippen LogP contribution in [0.3, 0.4) is 0 Å².